The summed E-state index contributed by atoms with van der Waals surface area (Å²) in [6, 6.07) is 11.9. The first-order valence-corrected chi connectivity index (χ1v) is 7.16. The van der Waals surface area contributed by atoms with Crippen molar-refractivity contribution in [3.8, 4) is 0 Å². The maximum absolute atomic E-state index is 12.1. The molecule has 17 heavy (non-hydrogen) atoms. The number of halogens is 1. The Bertz CT molecular complexity index is 509. The zero-order valence-electron chi connectivity index (χ0n) is 9.39. The molecule has 0 unspecified atom stereocenters. The molecule has 0 radical (unpaired) electrons. The molecule has 0 atom stereocenters. The average Bonchev–Trinajstić information content (AvgIpc) is 2.76. The maximum atomic E-state index is 12.1. The Morgan fingerprint density at radius 1 is 1.35 bits per heavy atom. The van der Waals surface area contributed by atoms with Gasteiger partial charge in [-0.2, -0.15) is 0 Å². The Morgan fingerprint density at radius 3 is 2.65 bits per heavy atom. The predicted molar refractivity (Wildman–Crippen MR) is 79.3 cm³/mol. The maximum Gasteiger partial charge on any atom is 0.254 e. The molecule has 4 heteroatoms. The van der Waals surface area contributed by atoms with E-state index < -0.39 is 0 Å². The normalized spacial score (nSPS) is 10.2. The lowest BCUT2D eigenvalue weighted by Gasteiger charge is -2.16. The zero-order chi connectivity index (χ0) is 12.3. The van der Waals surface area contributed by atoms with Crippen molar-refractivity contribution in [2.45, 2.75) is 6.54 Å². The van der Waals surface area contributed by atoms with Gasteiger partial charge in [-0.15, -0.1) is 11.3 Å². The van der Waals surface area contributed by atoms with E-state index in [4.69, 9.17) is 0 Å². The number of rotatable bonds is 3. The van der Waals surface area contributed by atoms with Gasteiger partial charge in [0, 0.05) is 19.0 Å². The quantitative estimate of drug-likeness (QED) is 0.769. The van der Waals surface area contributed by atoms with Crippen LogP contribution in [-0.4, -0.2) is 17.9 Å². The number of thiophene rings is 1. The summed E-state index contributed by atoms with van der Waals surface area (Å²) in [5.41, 5.74) is 1.92. The lowest BCUT2D eigenvalue weighted by atomic mass is 10.2. The van der Waals surface area contributed by atoms with Gasteiger partial charge in [0.1, 0.15) is 0 Å². The van der Waals surface area contributed by atoms with Gasteiger partial charge in [0.2, 0.25) is 0 Å². The molecule has 0 spiro atoms. The third-order valence-electron chi connectivity index (χ3n) is 2.42. The lowest BCUT2D eigenvalue weighted by Crippen LogP contribution is -2.25. The van der Waals surface area contributed by atoms with Gasteiger partial charge in [0.25, 0.3) is 5.91 Å². The molecule has 0 saturated heterocycles. The van der Waals surface area contributed by atoms with E-state index in [0.717, 1.165) is 14.0 Å². The van der Waals surface area contributed by atoms with E-state index in [1.54, 1.807) is 16.2 Å². The largest absolute Gasteiger partial charge is 0.337 e. The fourth-order valence-corrected chi connectivity index (χ4v) is 2.89. The van der Waals surface area contributed by atoms with Crippen molar-refractivity contribution in [3.05, 3.63) is 55.8 Å². The van der Waals surface area contributed by atoms with Crippen LogP contribution in [0, 0.1) is 2.88 Å². The highest BCUT2D eigenvalue weighted by atomic mass is 127. The van der Waals surface area contributed by atoms with Crippen molar-refractivity contribution < 1.29 is 4.79 Å². The van der Waals surface area contributed by atoms with E-state index >= 15 is 0 Å². The first-order valence-electron chi connectivity index (χ1n) is 5.20. The van der Waals surface area contributed by atoms with Crippen molar-refractivity contribution >= 4 is 39.8 Å². The summed E-state index contributed by atoms with van der Waals surface area (Å²) in [6.45, 7) is 0.645. The fraction of sp³-hybridized carbons (Fsp3) is 0.154. The van der Waals surface area contributed by atoms with Crippen molar-refractivity contribution in [2.75, 3.05) is 7.05 Å². The number of hydrogen-bond donors (Lipinski definition) is 0. The van der Waals surface area contributed by atoms with Gasteiger partial charge in [-0.25, -0.2) is 0 Å². The van der Waals surface area contributed by atoms with Gasteiger partial charge in [-0.05, 0) is 34.2 Å². The van der Waals surface area contributed by atoms with Crippen LogP contribution in [0.1, 0.15) is 15.9 Å². The van der Waals surface area contributed by atoms with Crippen molar-refractivity contribution in [1.29, 1.82) is 0 Å². The molecule has 2 rings (SSSR count). The van der Waals surface area contributed by atoms with Crippen LogP contribution in [0.3, 0.4) is 0 Å². The molecular weight excluding hydrogens is 345 g/mol. The van der Waals surface area contributed by atoms with Crippen LogP contribution in [0.4, 0.5) is 0 Å². The summed E-state index contributed by atoms with van der Waals surface area (Å²) in [4.78, 5) is 13.8. The summed E-state index contributed by atoms with van der Waals surface area (Å²) < 4.78 is 1.14. The Morgan fingerprint density at radius 2 is 2.06 bits per heavy atom. The Balaban J connectivity index is 2.06. The first kappa shape index (κ1) is 12.6. The van der Waals surface area contributed by atoms with E-state index in [9.17, 15) is 4.79 Å². The van der Waals surface area contributed by atoms with Crippen LogP contribution >= 0.6 is 33.9 Å². The highest BCUT2D eigenvalue weighted by Crippen LogP contribution is 2.18. The molecule has 0 aliphatic rings. The van der Waals surface area contributed by atoms with Gasteiger partial charge >= 0.3 is 0 Å². The molecule has 1 aromatic heterocycles. The lowest BCUT2D eigenvalue weighted by molar-refractivity contribution is 0.0785. The van der Waals surface area contributed by atoms with Crippen LogP contribution in [0.2, 0.25) is 0 Å². The number of nitrogens with zero attached hydrogens (tertiary/aromatic N) is 1. The van der Waals surface area contributed by atoms with Crippen molar-refractivity contribution in [2.24, 2.45) is 0 Å². The SMILES string of the molecule is CN(Cc1ccccc1)C(=O)c1csc(I)c1. The van der Waals surface area contributed by atoms with Crippen LogP contribution in [0.5, 0.6) is 0 Å². The Labute approximate surface area is 118 Å². The van der Waals surface area contributed by atoms with Crippen LogP contribution in [0.15, 0.2) is 41.8 Å². The molecule has 0 aliphatic heterocycles. The second kappa shape index (κ2) is 5.64. The summed E-state index contributed by atoms with van der Waals surface area (Å²) in [7, 11) is 1.83. The van der Waals surface area contributed by atoms with Crippen molar-refractivity contribution in [3.63, 3.8) is 0 Å². The smallest absolute Gasteiger partial charge is 0.254 e. The van der Waals surface area contributed by atoms with E-state index in [-0.39, 0.29) is 5.91 Å². The summed E-state index contributed by atoms with van der Waals surface area (Å²) in [5, 5.41) is 1.91. The Hall–Kier alpha value is -0.880. The van der Waals surface area contributed by atoms with Crippen LogP contribution in [-0.2, 0) is 6.54 Å². The van der Waals surface area contributed by atoms with E-state index in [1.807, 2.05) is 48.8 Å². The second-order valence-corrected chi connectivity index (χ2v) is 6.59. The number of benzene rings is 1. The minimum Gasteiger partial charge on any atom is -0.337 e. The van der Waals surface area contributed by atoms with Crippen LogP contribution < -0.4 is 0 Å². The van der Waals surface area contributed by atoms with Gasteiger partial charge < -0.3 is 4.90 Å². The predicted octanol–water partition coefficient (Wildman–Crippen LogP) is 3.62. The average molecular weight is 357 g/mol. The molecular formula is C13H12INOS. The number of hydrogen-bond acceptors (Lipinski definition) is 2. The van der Waals surface area contributed by atoms with E-state index in [1.165, 1.54) is 0 Å². The molecule has 0 saturated carbocycles. The Kier molecular flexibility index (Phi) is 4.17. The van der Waals surface area contributed by atoms with Gasteiger partial charge in [-0.1, -0.05) is 30.3 Å². The first-order chi connectivity index (χ1) is 8.16. The third kappa shape index (κ3) is 3.29. The summed E-state index contributed by atoms with van der Waals surface area (Å²) in [5.74, 6) is 0.0769. The van der Waals surface area contributed by atoms with Gasteiger partial charge in [0.05, 0.1) is 8.45 Å². The fourth-order valence-electron chi connectivity index (χ4n) is 1.57. The highest BCUT2D eigenvalue weighted by molar-refractivity contribution is 14.1. The second-order valence-electron chi connectivity index (χ2n) is 3.79. The molecule has 1 heterocycles. The number of carbonyl (C=O) groups excluding carboxylic acids is 1. The zero-order valence-corrected chi connectivity index (χ0v) is 12.4. The number of carbonyl (C=O) groups is 1. The molecule has 2 aromatic rings. The molecule has 0 N–H and O–H groups in total. The summed E-state index contributed by atoms with van der Waals surface area (Å²) in [6.07, 6.45) is 0. The standard InChI is InChI=1S/C13H12INOS/c1-15(8-10-5-3-2-4-6-10)13(16)11-7-12(14)17-9-11/h2-7,9H,8H2,1H3. The molecule has 0 aliphatic carbocycles. The van der Waals surface area contributed by atoms with Crippen molar-refractivity contribution in [1.82, 2.24) is 4.90 Å². The van der Waals surface area contributed by atoms with Gasteiger partial charge in [-0.3, -0.25) is 4.79 Å². The molecule has 1 amide bonds. The highest BCUT2D eigenvalue weighted by Gasteiger charge is 2.13. The monoisotopic (exact) mass is 357 g/mol. The van der Waals surface area contributed by atoms with Crippen LogP contribution in [0.25, 0.3) is 0 Å². The van der Waals surface area contributed by atoms with E-state index in [0.29, 0.717) is 6.54 Å². The topological polar surface area (TPSA) is 20.3 Å². The molecule has 0 bridgehead atoms. The van der Waals surface area contributed by atoms with E-state index in [2.05, 4.69) is 22.6 Å². The summed E-state index contributed by atoms with van der Waals surface area (Å²) >= 11 is 3.82. The van der Waals surface area contributed by atoms with Gasteiger partial charge in [0.15, 0.2) is 0 Å². The minimum absolute atomic E-state index is 0.0769. The molecule has 0 fully saturated rings. The minimum atomic E-state index is 0.0769. The molecule has 88 valence electrons. The molecule has 2 nitrogen and oxygen atoms in total. The third-order valence-corrected chi connectivity index (χ3v) is 4.21. The number of amides is 1. The molecule has 1 aromatic carbocycles.